The van der Waals surface area contributed by atoms with Gasteiger partial charge in [0.15, 0.2) is 0 Å². The average molecular weight is 657 g/mol. The monoisotopic (exact) mass is 656 g/mol. The van der Waals surface area contributed by atoms with Gasteiger partial charge in [0, 0.05) is 11.5 Å². The topological polar surface area (TPSA) is 170 Å². The highest BCUT2D eigenvalue weighted by Crippen LogP contribution is 2.60. The summed E-state index contributed by atoms with van der Waals surface area (Å²) in [5.74, 6) is -9.69. The maximum absolute atomic E-state index is 14.5. The van der Waals surface area contributed by atoms with Gasteiger partial charge in [0.25, 0.3) is 0 Å². The Hall–Kier alpha value is -6.10. The zero-order valence-corrected chi connectivity index (χ0v) is 25.7. The summed E-state index contributed by atoms with van der Waals surface area (Å²) in [6.45, 7) is 0. The fourth-order valence-corrected chi connectivity index (χ4v) is 8.59. The van der Waals surface area contributed by atoms with Gasteiger partial charge in [0.1, 0.15) is 5.75 Å². The first kappa shape index (κ1) is 30.2. The molecule has 0 radical (unpaired) electrons. The Balaban J connectivity index is 1.28. The van der Waals surface area contributed by atoms with Crippen LogP contribution in [-0.2, 0) is 19.2 Å². The van der Waals surface area contributed by atoms with E-state index in [1.165, 1.54) is 48.5 Å². The molecule has 4 amide bonds. The third-order valence-electron chi connectivity index (χ3n) is 10.6. The number of hydrogen-bond donors (Lipinski definition) is 3. The summed E-state index contributed by atoms with van der Waals surface area (Å²) in [5.41, 5.74) is 1.18. The number of aromatic hydroxyl groups is 1. The number of carbonyl (C=O) groups is 6. The van der Waals surface area contributed by atoms with Crippen LogP contribution in [0.3, 0.4) is 0 Å². The highest BCUT2D eigenvalue weighted by atomic mass is 16.4. The number of phenolic OH excluding ortho intramolecular Hbond substituents is 1. The van der Waals surface area contributed by atoms with E-state index < -0.39 is 71.1 Å². The molecule has 3 fully saturated rings. The molecule has 2 saturated heterocycles. The van der Waals surface area contributed by atoms with Crippen LogP contribution in [0.4, 0.5) is 11.4 Å². The van der Waals surface area contributed by atoms with Crippen LogP contribution in [0.15, 0.2) is 96.6 Å². The number of benzene rings is 4. The first-order valence-corrected chi connectivity index (χ1v) is 15.9. The molecule has 0 bridgehead atoms. The van der Waals surface area contributed by atoms with Gasteiger partial charge in [-0.25, -0.2) is 9.59 Å². The quantitative estimate of drug-likeness (QED) is 0.198. The van der Waals surface area contributed by atoms with Crippen molar-refractivity contribution in [2.45, 2.75) is 18.8 Å². The number of amides is 4. The molecule has 49 heavy (non-hydrogen) atoms. The number of carboxylic acid groups (broad SMARTS) is 2. The smallest absolute Gasteiger partial charge is 0.335 e. The summed E-state index contributed by atoms with van der Waals surface area (Å²) in [4.78, 5) is 82.5. The lowest BCUT2D eigenvalue weighted by Gasteiger charge is -2.44. The van der Waals surface area contributed by atoms with Crippen LogP contribution < -0.4 is 9.80 Å². The molecule has 0 spiro atoms. The van der Waals surface area contributed by atoms with Gasteiger partial charge in [-0.2, -0.15) is 0 Å². The van der Waals surface area contributed by atoms with Gasteiger partial charge in [0.05, 0.1) is 46.2 Å². The highest BCUT2D eigenvalue weighted by Gasteiger charge is 2.62. The summed E-state index contributed by atoms with van der Waals surface area (Å²) in [6.07, 6.45) is 2.10. The highest BCUT2D eigenvalue weighted by molar-refractivity contribution is 6.24. The molecule has 0 aromatic heterocycles. The lowest BCUT2D eigenvalue weighted by atomic mass is 9.56. The number of anilines is 2. The molecule has 4 aromatic carbocycles. The largest absolute Gasteiger partial charge is 0.508 e. The van der Waals surface area contributed by atoms with E-state index in [4.69, 9.17) is 0 Å². The molecule has 11 heteroatoms. The summed E-state index contributed by atoms with van der Waals surface area (Å²) in [7, 11) is 0. The Bertz CT molecular complexity index is 2210. The molecule has 3 N–H and O–H groups in total. The summed E-state index contributed by atoms with van der Waals surface area (Å²) in [6, 6.07) is 21.8. The van der Waals surface area contributed by atoms with E-state index in [-0.39, 0.29) is 41.1 Å². The normalized spacial score (nSPS) is 26.0. The number of rotatable bonds is 5. The van der Waals surface area contributed by atoms with Crippen molar-refractivity contribution in [3.63, 3.8) is 0 Å². The number of carbonyl (C=O) groups excluding carboxylic acids is 4. The van der Waals surface area contributed by atoms with Crippen molar-refractivity contribution in [3.05, 3.63) is 113 Å². The van der Waals surface area contributed by atoms with Gasteiger partial charge in [-0.1, -0.05) is 54.1 Å². The summed E-state index contributed by atoms with van der Waals surface area (Å²) in [5, 5.41) is 32.1. The molecule has 4 aromatic rings. The molecule has 2 heterocycles. The SMILES string of the molecule is O=C(O)c1cccc(N2C(=O)[C@H]3[C@H](CC=C4[C@H]3C[C@H]3C(=O)N(c5cccc(C(=O)O)c5)C(=O)[C@H]3[C@H]4c3c(O)ccc4ccccc34)C2=O)c1. The second-order valence-electron chi connectivity index (χ2n) is 13.0. The van der Waals surface area contributed by atoms with Gasteiger partial charge in [0.2, 0.25) is 23.6 Å². The Morgan fingerprint density at radius 3 is 1.86 bits per heavy atom. The van der Waals surface area contributed by atoms with Crippen molar-refractivity contribution in [3.8, 4) is 5.75 Å². The minimum atomic E-state index is -1.22. The van der Waals surface area contributed by atoms with E-state index in [1.54, 1.807) is 12.1 Å². The Morgan fingerprint density at radius 1 is 0.633 bits per heavy atom. The number of phenols is 1. The van der Waals surface area contributed by atoms with Gasteiger partial charge in [-0.05, 0) is 72.0 Å². The number of fused-ring (bicyclic) bond motifs is 5. The molecule has 0 unspecified atom stereocenters. The zero-order valence-electron chi connectivity index (χ0n) is 25.7. The van der Waals surface area contributed by atoms with Crippen LogP contribution in [0.2, 0.25) is 0 Å². The molecule has 8 rings (SSSR count). The lowest BCUT2D eigenvalue weighted by molar-refractivity contribution is -0.126. The van der Waals surface area contributed by atoms with Crippen LogP contribution in [0.1, 0.15) is 45.0 Å². The standard InChI is InChI=1S/C38H28N2O9/c41-28-14-11-18-5-1-2-10-23(18)30(28)31-24-12-13-25-29(35(44)39(33(25)42)21-8-3-6-19(15-21)37(46)47)26(24)17-27-32(31)36(45)40(34(27)43)22-9-4-7-20(16-22)38(48)49/h1-12,14-16,25-27,29,31-32,41H,13,17H2,(H,46,47)(H,48,49)/t25-,26+,27+,29-,31+,32+/m0/s1. The van der Waals surface area contributed by atoms with Gasteiger partial charge < -0.3 is 15.3 Å². The van der Waals surface area contributed by atoms with Crippen molar-refractivity contribution in [2.24, 2.45) is 29.6 Å². The Morgan fingerprint density at radius 2 is 1.22 bits per heavy atom. The van der Waals surface area contributed by atoms with E-state index >= 15 is 0 Å². The van der Waals surface area contributed by atoms with Gasteiger partial charge >= 0.3 is 11.9 Å². The van der Waals surface area contributed by atoms with Crippen molar-refractivity contribution >= 4 is 57.7 Å². The number of nitrogens with zero attached hydrogens (tertiary/aromatic N) is 2. The number of aromatic carboxylic acids is 2. The molecular weight excluding hydrogens is 628 g/mol. The predicted octanol–water partition coefficient (Wildman–Crippen LogP) is 4.99. The van der Waals surface area contributed by atoms with Crippen LogP contribution in [-0.4, -0.2) is 50.9 Å². The molecule has 244 valence electrons. The molecule has 11 nitrogen and oxygen atoms in total. The zero-order chi connectivity index (χ0) is 34.3. The number of hydrogen-bond acceptors (Lipinski definition) is 7. The van der Waals surface area contributed by atoms with Gasteiger partial charge in [-0.3, -0.25) is 29.0 Å². The predicted molar refractivity (Wildman–Crippen MR) is 175 cm³/mol. The van der Waals surface area contributed by atoms with Crippen molar-refractivity contribution in [2.75, 3.05) is 9.80 Å². The van der Waals surface area contributed by atoms with E-state index in [0.29, 0.717) is 16.5 Å². The number of imide groups is 2. The fourth-order valence-electron chi connectivity index (χ4n) is 8.59. The van der Waals surface area contributed by atoms with Crippen molar-refractivity contribution in [1.29, 1.82) is 0 Å². The lowest BCUT2D eigenvalue weighted by Crippen LogP contribution is -2.43. The maximum Gasteiger partial charge on any atom is 0.335 e. The number of carboxylic acids is 2. The van der Waals surface area contributed by atoms with Crippen LogP contribution in [0, 0.1) is 29.6 Å². The third-order valence-corrected chi connectivity index (χ3v) is 10.6. The summed E-state index contributed by atoms with van der Waals surface area (Å²) < 4.78 is 0. The number of allylic oxidation sites excluding steroid dienone is 2. The van der Waals surface area contributed by atoms with Gasteiger partial charge in [-0.15, -0.1) is 0 Å². The Labute approximate surface area is 278 Å². The maximum atomic E-state index is 14.5. The molecule has 6 atom stereocenters. The third kappa shape index (κ3) is 4.42. The first-order chi connectivity index (χ1) is 23.6. The average Bonchev–Trinajstić information content (AvgIpc) is 3.51. The Kier molecular flexibility index (Phi) is 6.78. The summed E-state index contributed by atoms with van der Waals surface area (Å²) >= 11 is 0. The van der Waals surface area contributed by atoms with Crippen LogP contribution >= 0.6 is 0 Å². The van der Waals surface area contributed by atoms with Crippen molar-refractivity contribution < 1.29 is 44.1 Å². The van der Waals surface area contributed by atoms with E-state index in [1.807, 2.05) is 30.3 Å². The van der Waals surface area contributed by atoms with Crippen LogP contribution in [0.5, 0.6) is 5.75 Å². The van der Waals surface area contributed by atoms with E-state index in [9.17, 15) is 44.1 Å². The molecular formula is C38H28N2O9. The molecule has 4 aliphatic rings. The minimum Gasteiger partial charge on any atom is -0.508 e. The fraction of sp³-hybridized carbons (Fsp3) is 0.211. The molecule has 1 saturated carbocycles. The molecule has 2 aliphatic carbocycles. The minimum absolute atomic E-state index is 0.0708. The van der Waals surface area contributed by atoms with Crippen molar-refractivity contribution in [1.82, 2.24) is 0 Å². The second-order valence-corrected chi connectivity index (χ2v) is 13.0. The van der Waals surface area contributed by atoms with E-state index in [2.05, 4.69) is 0 Å². The van der Waals surface area contributed by atoms with E-state index in [0.717, 1.165) is 15.2 Å². The first-order valence-electron chi connectivity index (χ1n) is 15.9. The van der Waals surface area contributed by atoms with Crippen LogP contribution in [0.25, 0.3) is 10.8 Å². The molecule has 2 aliphatic heterocycles. The second kappa shape index (κ2) is 11.0.